The van der Waals surface area contributed by atoms with Gasteiger partial charge in [-0.2, -0.15) is 5.10 Å². The summed E-state index contributed by atoms with van der Waals surface area (Å²) in [6.45, 7) is 2.01. The van der Waals surface area contributed by atoms with Crippen molar-refractivity contribution in [1.29, 1.82) is 0 Å². The van der Waals surface area contributed by atoms with Gasteiger partial charge >= 0.3 is 0 Å². The molecule has 8 heteroatoms. The van der Waals surface area contributed by atoms with Crippen molar-refractivity contribution >= 4 is 57.1 Å². The Kier molecular flexibility index (Phi) is 4.37. The number of aryl methyl sites for hydroxylation is 1. The number of hydrogen-bond donors (Lipinski definition) is 2. The van der Waals surface area contributed by atoms with Gasteiger partial charge in [0.15, 0.2) is 15.2 Å². The van der Waals surface area contributed by atoms with Gasteiger partial charge in [0.2, 0.25) is 0 Å². The van der Waals surface area contributed by atoms with Gasteiger partial charge in [0.1, 0.15) is 5.69 Å². The fraction of sp³-hybridized carbons (Fsp3) is 0.0714. The second kappa shape index (κ2) is 6.43. The van der Waals surface area contributed by atoms with Gasteiger partial charge in [-0.25, -0.2) is 4.98 Å². The third kappa shape index (κ3) is 3.11. The van der Waals surface area contributed by atoms with Gasteiger partial charge in [-0.1, -0.05) is 29.8 Å². The second-order valence-corrected chi connectivity index (χ2v) is 6.12. The molecule has 3 rings (SSSR count). The standard InChI is InChI=1S/C14H12ClN5S2/c1-9-4-2-3-5-10(9)17-13(21)19-16-8-11-12(15)18-14-20(11)6-7-22-14/h2-8H,1H3,(H2,17,19,21)/b16-8-. The number of aromatic nitrogens is 2. The highest BCUT2D eigenvalue weighted by Gasteiger charge is 2.08. The molecule has 2 aromatic heterocycles. The van der Waals surface area contributed by atoms with Crippen LogP contribution in [0.15, 0.2) is 40.9 Å². The zero-order valence-electron chi connectivity index (χ0n) is 11.6. The first-order chi connectivity index (χ1) is 10.6. The molecule has 1 aromatic carbocycles. The number of nitrogens with zero attached hydrogens (tertiary/aromatic N) is 3. The van der Waals surface area contributed by atoms with E-state index < -0.39 is 0 Å². The summed E-state index contributed by atoms with van der Waals surface area (Å²) >= 11 is 12.8. The molecule has 0 aliphatic carbocycles. The molecule has 2 N–H and O–H groups in total. The Morgan fingerprint density at radius 1 is 1.45 bits per heavy atom. The summed E-state index contributed by atoms with van der Waals surface area (Å²) in [6, 6.07) is 7.88. The van der Waals surface area contributed by atoms with E-state index in [-0.39, 0.29) is 0 Å². The molecule has 2 heterocycles. The quantitative estimate of drug-likeness (QED) is 0.430. The number of hydrogen-bond acceptors (Lipinski definition) is 4. The summed E-state index contributed by atoms with van der Waals surface area (Å²) in [5, 5.41) is 9.96. The molecular weight excluding hydrogens is 338 g/mol. The van der Waals surface area contributed by atoms with Crippen molar-refractivity contribution in [3.05, 3.63) is 52.3 Å². The van der Waals surface area contributed by atoms with Crippen LogP contribution in [-0.2, 0) is 0 Å². The van der Waals surface area contributed by atoms with Crippen LogP contribution in [0.25, 0.3) is 4.96 Å². The fourth-order valence-corrected chi connectivity index (χ4v) is 3.06. The fourth-order valence-electron chi connectivity index (χ4n) is 1.91. The summed E-state index contributed by atoms with van der Waals surface area (Å²) in [4.78, 5) is 5.06. The number of imidazole rings is 1. The van der Waals surface area contributed by atoms with Gasteiger partial charge < -0.3 is 5.32 Å². The van der Waals surface area contributed by atoms with Gasteiger partial charge in [0.05, 0.1) is 6.21 Å². The van der Waals surface area contributed by atoms with Gasteiger partial charge in [0, 0.05) is 17.3 Å². The zero-order valence-corrected chi connectivity index (χ0v) is 14.0. The van der Waals surface area contributed by atoms with Crippen LogP contribution in [0.2, 0.25) is 5.15 Å². The van der Waals surface area contributed by atoms with Crippen LogP contribution in [0.4, 0.5) is 5.69 Å². The average molecular weight is 350 g/mol. The van der Waals surface area contributed by atoms with E-state index in [1.807, 2.05) is 47.2 Å². The first kappa shape index (κ1) is 15.0. The molecule has 5 nitrogen and oxygen atoms in total. The first-order valence-electron chi connectivity index (χ1n) is 6.42. The summed E-state index contributed by atoms with van der Waals surface area (Å²) in [7, 11) is 0. The van der Waals surface area contributed by atoms with Crippen molar-refractivity contribution in [1.82, 2.24) is 14.8 Å². The van der Waals surface area contributed by atoms with Crippen LogP contribution in [0, 0.1) is 6.92 Å². The highest BCUT2D eigenvalue weighted by Crippen LogP contribution is 2.19. The van der Waals surface area contributed by atoms with Crippen molar-refractivity contribution in [2.24, 2.45) is 5.10 Å². The topological polar surface area (TPSA) is 53.7 Å². The lowest BCUT2D eigenvalue weighted by molar-refractivity contribution is 1.04. The van der Waals surface area contributed by atoms with Crippen LogP contribution in [0.1, 0.15) is 11.3 Å². The molecule has 22 heavy (non-hydrogen) atoms. The van der Waals surface area contributed by atoms with Crippen molar-refractivity contribution in [3.8, 4) is 0 Å². The largest absolute Gasteiger partial charge is 0.331 e. The molecule has 3 aromatic rings. The number of nitrogens with one attached hydrogen (secondary N) is 2. The number of rotatable bonds is 3. The van der Waals surface area contributed by atoms with Crippen molar-refractivity contribution in [2.75, 3.05) is 5.32 Å². The second-order valence-electron chi connectivity index (χ2n) is 4.48. The number of para-hydroxylation sites is 1. The molecule has 0 aliphatic heterocycles. The lowest BCUT2D eigenvalue weighted by Crippen LogP contribution is -2.24. The lowest BCUT2D eigenvalue weighted by Gasteiger charge is -2.09. The van der Waals surface area contributed by atoms with Gasteiger partial charge in [-0.3, -0.25) is 9.83 Å². The Labute approximate surface area is 141 Å². The Morgan fingerprint density at radius 2 is 2.27 bits per heavy atom. The number of thiazole rings is 1. The maximum Gasteiger partial charge on any atom is 0.195 e. The van der Waals surface area contributed by atoms with Crippen LogP contribution in [0.5, 0.6) is 0 Å². The minimum Gasteiger partial charge on any atom is -0.331 e. The van der Waals surface area contributed by atoms with E-state index >= 15 is 0 Å². The molecule has 0 spiro atoms. The maximum atomic E-state index is 6.08. The Hall–Kier alpha value is -1.96. The molecule has 0 aliphatic rings. The number of anilines is 1. The van der Waals surface area contributed by atoms with Crippen molar-refractivity contribution in [3.63, 3.8) is 0 Å². The molecule has 0 radical (unpaired) electrons. The van der Waals surface area contributed by atoms with E-state index in [4.69, 9.17) is 23.8 Å². The molecule has 0 bridgehead atoms. The Bertz CT molecular complexity index is 852. The maximum absolute atomic E-state index is 6.08. The smallest absolute Gasteiger partial charge is 0.195 e. The van der Waals surface area contributed by atoms with Crippen LogP contribution in [-0.4, -0.2) is 20.7 Å². The Balaban J connectivity index is 1.67. The van der Waals surface area contributed by atoms with E-state index in [9.17, 15) is 0 Å². The predicted octanol–water partition coefficient (Wildman–Crippen LogP) is 3.68. The highest BCUT2D eigenvalue weighted by atomic mass is 35.5. The molecular formula is C14H12ClN5S2. The normalized spacial score (nSPS) is 11.2. The number of hydrazone groups is 1. The summed E-state index contributed by atoms with van der Waals surface area (Å²) in [5.74, 6) is 0. The monoisotopic (exact) mass is 349 g/mol. The van der Waals surface area contributed by atoms with Crippen molar-refractivity contribution in [2.45, 2.75) is 6.92 Å². The van der Waals surface area contributed by atoms with E-state index in [0.717, 1.165) is 16.2 Å². The molecule has 0 saturated carbocycles. The number of fused-ring (bicyclic) bond motifs is 1. The molecule has 0 fully saturated rings. The average Bonchev–Trinajstić information content (AvgIpc) is 3.04. The molecule has 0 amide bonds. The minimum atomic E-state index is 0.410. The van der Waals surface area contributed by atoms with E-state index in [1.54, 1.807) is 6.21 Å². The number of halogens is 1. The lowest BCUT2D eigenvalue weighted by atomic mass is 10.2. The summed E-state index contributed by atoms with van der Waals surface area (Å²) in [5.41, 5.74) is 5.53. The van der Waals surface area contributed by atoms with E-state index in [2.05, 4.69) is 20.8 Å². The van der Waals surface area contributed by atoms with E-state index in [0.29, 0.717) is 16.0 Å². The minimum absolute atomic E-state index is 0.410. The van der Waals surface area contributed by atoms with Crippen LogP contribution in [0.3, 0.4) is 0 Å². The molecule has 0 atom stereocenters. The Morgan fingerprint density at radius 3 is 3.09 bits per heavy atom. The highest BCUT2D eigenvalue weighted by molar-refractivity contribution is 7.80. The number of thiocarbonyl (C=S) groups is 1. The predicted molar refractivity (Wildman–Crippen MR) is 96.2 cm³/mol. The SMILES string of the molecule is Cc1ccccc1NC(=S)N/N=C\c1c(Cl)nc2sccn12. The first-order valence-corrected chi connectivity index (χ1v) is 8.08. The summed E-state index contributed by atoms with van der Waals surface area (Å²) < 4.78 is 1.87. The third-order valence-electron chi connectivity index (χ3n) is 3.00. The van der Waals surface area contributed by atoms with Crippen LogP contribution >= 0.6 is 35.2 Å². The third-order valence-corrected chi connectivity index (χ3v) is 4.23. The van der Waals surface area contributed by atoms with Gasteiger partial charge in [-0.05, 0) is 30.8 Å². The van der Waals surface area contributed by atoms with Crippen molar-refractivity contribution < 1.29 is 0 Å². The molecule has 0 saturated heterocycles. The zero-order chi connectivity index (χ0) is 15.5. The number of benzene rings is 1. The van der Waals surface area contributed by atoms with Gasteiger partial charge in [-0.15, -0.1) is 11.3 Å². The molecule has 112 valence electrons. The van der Waals surface area contributed by atoms with Gasteiger partial charge in [0.25, 0.3) is 0 Å². The van der Waals surface area contributed by atoms with Crippen LogP contribution < -0.4 is 10.7 Å². The van der Waals surface area contributed by atoms with E-state index in [1.165, 1.54) is 11.3 Å². The summed E-state index contributed by atoms with van der Waals surface area (Å²) in [6.07, 6.45) is 3.49. The molecule has 0 unspecified atom stereocenters.